The molecule has 0 atom stereocenters. The molecule has 0 saturated carbocycles. The molecule has 5 rings (SSSR count). The van der Waals surface area contributed by atoms with E-state index in [1.54, 1.807) is 36.4 Å². The van der Waals surface area contributed by atoms with Crippen molar-refractivity contribution in [2.75, 3.05) is 11.9 Å². The third-order valence-corrected chi connectivity index (χ3v) is 5.80. The number of rotatable bonds is 6. The monoisotopic (exact) mass is 505 g/mol. The van der Waals surface area contributed by atoms with E-state index >= 15 is 0 Å². The number of fused-ring (bicyclic) bond motifs is 2. The Labute approximate surface area is 209 Å². The van der Waals surface area contributed by atoms with Crippen LogP contribution in [0.25, 0.3) is 21.7 Å². The van der Waals surface area contributed by atoms with Crippen LogP contribution in [-0.4, -0.2) is 12.5 Å². The van der Waals surface area contributed by atoms with Crippen LogP contribution in [0.4, 0.5) is 5.69 Å². The van der Waals surface area contributed by atoms with Crippen molar-refractivity contribution in [3.05, 3.63) is 105 Å². The fourth-order valence-corrected chi connectivity index (χ4v) is 3.87. The van der Waals surface area contributed by atoms with Crippen LogP contribution < -0.4 is 20.2 Å². The second-order valence-corrected chi connectivity index (χ2v) is 8.50. The zero-order chi connectivity index (χ0) is 24.4. The Hall–Kier alpha value is -4.00. The lowest BCUT2D eigenvalue weighted by atomic mass is 10.1. The number of amides is 1. The van der Waals surface area contributed by atoms with Crippen LogP contribution in [0, 0.1) is 0 Å². The van der Waals surface area contributed by atoms with Crippen molar-refractivity contribution in [3.63, 3.8) is 0 Å². The molecule has 1 amide bonds. The maximum absolute atomic E-state index is 12.9. The fraction of sp³-hybridized carbons (Fsp3) is 0.0370. The molecule has 0 spiro atoms. The summed E-state index contributed by atoms with van der Waals surface area (Å²) in [4.78, 5) is 25.2. The number of halogens is 2. The third kappa shape index (κ3) is 5.09. The predicted molar refractivity (Wildman–Crippen MR) is 137 cm³/mol. The van der Waals surface area contributed by atoms with Crippen molar-refractivity contribution in [2.24, 2.45) is 0 Å². The quantitative estimate of drug-likeness (QED) is 0.267. The van der Waals surface area contributed by atoms with Crippen LogP contribution in [0.3, 0.4) is 0 Å². The van der Waals surface area contributed by atoms with Gasteiger partial charge in [0.15, 0.2) is 6.61 Å². The molecule has 0 aliphatic carbocycles. The Morgan fingerprint density at radius 3 is 2.54 bits per heavy atom. The molecule has 1 heterocycles. The van der Waals surface area contributed by atoms with Gasteiger partial charge in [-0.3, -0.25) is 9.59 Å². The predicted octanol–water partition coefficient (Wildman–Crippen LogP) is 7.06. The lowest BCUT2D eigenvalue weighted by molar-refractivity contribution is -0.118. The maximum atomic E-state index is 12.9. The normalized spacial score (nSPS) is 10.9. The smallest absolute Gasteiger partial charge is 0.262 e. The Bertz CT molecular complexity index is 1630. The minimum absolute atomic E-state index is 0.0687. The first-order chi connectivity index (χ1) is 17.0. The summed E-state index contributed by atoms with van der Waals surface area (Å²) >= 11 is 12.0. The van der Waals surface area contributed by atoms with Gasteiger partial charge in [-0.1, -0.05) is 53.5 Å². The molecule has 0 aliphatic rings. The van der Waals surface area contributed by atoms with Crippen molar-refractivity contribution >= 4 is 56.5 Å². The molecule has 0 saturated heterocycles. The van der Waals surface area contributed by atoms with E-state index in [0.717, 1.165) is 10.8 Å². The van der Waals surface area contributed by atoms with Gasteiger partial charge in [0.25, 0.3) is 5.91 Å². The first kappa shape index (κ1) is 22.8. The highest BCUT2D eigenvalue weighted by Gasteiger charge is 2.12. The van der Waals surface area contributed by atoms with Gasteiger partial charge in [0, 0.05) is 11.1 Å². The highest BCUT2D eigenvalue weighted by Crippen LogP contribution is 2.27. The molecule has 1 aromatic heterocycles. The van der Waals surface area contributed by atoms with E-state index in [9.17, 15) is 9.59 Å². The zero-order valence-corrected chi connectivity index (χ0v) is 19.6. The summed E-state index contributed by atoms with van der Waals surface area (Å²) in [5.74, 6) is 0.534. The average molecular weight is 506 g/mol. The van der Waals surface area contributed by atoms with Crippen molar-refractivity contribution in [3.8, 4) is 17.2 Å². The molecule has 0 bridgehead atoms. The number of benzene rings is 4. The molecule has 4 aromatic carbocycles. The molecular weight excluding hydrogens is 489 g/mol. The number of hydrogen-bond donors (Lipinski definition) is 1. The van der Waals surface area contributed by atoms with E-state index in [1.807, 2.05) is 36.4 Å². The molecule has 8 heteroatoms. The first-order valence-corrected chi connectivity index (χ1v) is 11.3. The van der Waals surface area contributed by atoms with Crippen LogP contribution in [-0.2, 0) is 4.79 Å². The summed E-state index contributed by atoms with van der Waals surface area (Å²) in [5.41, 5.74) is 0.368. The number of nitrogens with one attached hydrogen (secondary N) is 1. The second kappa shape index (κ2) is 9.70. The van der Waals surface area contributed by atoms with Crippen LogP contribution in [0.5, 0.6) is 17.2 Å². The average Bonchev–Trinajstić information content (AvgIpc) is 2.86. The number of hydrogen-bond acceptors (Lipinski definition) is 5. The summed E-state index contributed by atoms with van der Waals surface area (Å²) in [6, 6.07) is 22.9. The van der Waals surface area contributed by atoms with Crippen molar-refractivity contribution in [1.29, 1.82) is 0 Å². The van der Waals surface area contributed by atoms with Gasteiger partial charge < -0.3 is 19.2 Å². The number of carbonyl (C=O) groups is 1. The van der Waals surface area contributed by atoms with E-state index in [1.165, 1.54) is 12.3 Å². The summed E-state index contributed by atoms with van der Waals surface area (Å²) in [6.45, 7) is -0.276. The minimum Gasteiger partial charge on any atom is -0.484 e. The van der Waals surface area contributed by atoms with Gasteiger partial charge >= 0.3 is 0 Å². The molecule has 174 valence electrons. The lowest BCUT2D eigenvalue weighted by Crippen LogP contribution is -2.20. The molecular formula is C27H17Cl2NO5. The topological polar surface area (TPSA) is 77.8 Å². The Balaban J connectivity index is 1.29. The second-order valence-electron chi connectivity index (χ2n) is 7.66. The SMILES string of the molecule is O=C(COc1ccc2c(=O)c(Oc3ccc4ccccc4c3)coc2c1)Nc1cc(Cl)ccc1Cl. The van der Waals surface area contributed by atoms with E-state index < -0.39 is 5.91 Å². The minimum atomic E-state index is -0.421. The lowest BCUT2D eigenvalue weighted by Gasteiger charge is -2.10. The molecule has 0 radical (unpaired) electrons. The summed E-state index contributed by atoms with van der Waals surface area (Å²) in [6.07, 6.45) is 1.26. The molecule has 1 N–H and O–H groups in total. The number of carbonyl (C=O) groups excluding carboxylic acids is 1. The van der Waals surface area contributed by atoms with Crippen molar-refractivity contribution in [1.82, 2.24) is 0 Å². The standard InChI is InChI=1S/C27H17Cl2NO5/c28-18-6-10-22(29)23(12-18)30-26(31)15-33-19-8-9-21-24(13-19)34-14-25(27(21)32)35-20-7-5-16-3-1-2-4-17(16)11-20/h1-14H,15H2,(H,30,31). The van der Waals surface area contributed by atoms with Gasteiger partial charge in [-0.15, -0.1) is 0 Å². The molecule has 5 aromatic rings. The van der Waals surface area contributed by atoms with E-state index in [0.29, 0.717) is 38.2 Å². The van der Waals surface area contributed by atoms with Gasteiger partial charge in [0.2, 0.25) is 11.2 Å². The summed E-state index contributed by atoms with van der Waals surface area (Å²) < 4.78 is 17.0. The maximum Gasteiger partial charge on any atom is 0.262 e. The molecule has 6 nitrogen and oxygen atoms in total. The van der Waals surface area contributed by atoms with Gasteiger partial charge in [-0.2, -0.15) is 0 Å². The van der Waals surface area contributed by atoms with Gasteiger partial charge in [0.05, 0.1) is 16.1 Å². The van der Waals surface area contributed by atoms with E-state index in [2.05, 4.69) is 5.32 Å². The highest BCUT2D eigenvalue weighted by molar-refractivity contribution is 6.35. The van der Waals surface area contributed by atoms with E-state index in [-0.39, 0.29) is 17.8 Å². The van der Waals surface area contributed by atoms with Crippen LogP contribution in [0.1, 0.15) is 0 Å². The summed E-state index contributed by atoms with van der Waals surface area (Å²) in [7, 11) is 0. The van der Waals surface area contributed by atoms with Crippen LogP contribution in [0.15, 0.2) is 94.3 Å². The first-order valence-electron chi connectivity index (χ1n) is 10.6. The third-order valence-electron chi connectivity index (χ3n) is 5.24. The van der Waals surface area contributed by atoms with Crippen molar-refractivity contribution < 1.29 is 18.7 Å². The van der Waals surface area contributed by atoms with Crippen LogP contribution in [0.2, 0.25) is 10.0 Å². The molecule has 0 aliphatic heterocycles. The fourth-order valence-electron chi connectivity index (χ4n) is 3.54. The summed E-state index contributed by atoms with van der Waals surface area (Å²) in [5, 5.41) is 5.84. The Kier molecular flexibility index (Phi) is 6.31. The molecule has 35 heavy (non-hydrogen) atoms. The Morgan fingerprint density at radius 1 is 0.886 bits per heavy atom. The van der Waals surface area contributed by atoms with Gasteiger partial charge in [-0.05, 0) is 53.2 Å². The zero-order valence-electron chi connectivity index (χ0n) is 18.1. The van der Waals surface area contributed by atoms with Gasteiger partial charge in [-0.25, -0.2) is 0 Å². The van der Waals surface area contributed by atoms with Crippen LogP contribution >= 0.6 is 23.2 Å². The van der Waals surface area contributed by atoms with Crippen molar-refractivity contribution in [2.45, 2.75) is 0 Å². The Morgan fingerprint density at radius 2 is 1.69 bits per heavy atom. The molecule has 0 unspecified atom stereocenters. The van der Waals surface area contributed by atoms with Gasteiger partial charge in [0.1, 0.15) is 23.3 Å². The largest absolute Gasteiger partial charge is 0.484 e. The number of ether oxygens (including phenoxy) is 2. The molecule has 0 fully saturated rings. The number of anilines is 1. The van der Waals surface area contributed by atoms with E-state index in [4.69, 9.17) is 37.1 Å². The highest BCUT2D eigenvalue weighted by atomic mass is 35.5.